The van der Waals surface area contributed by atoms with Crippen molar-refractivity contribution in [3.63, 3.8) is 0 Å². The molecule has 3 rings (SSSR count). The van der Waals surface area contributed by atoms with Gasteiger partial charge in [-0.15, -0.1) is 0 Å². The Hall–Kier alpha value is -2.44. The zero-order chi connectivity index (χ0) is 17.8. The van der Waals surface area contributed by atoms with E-state index < -0.39 is 10.9 Å². The molecule has 1 heterocycles. The van der Waals surface area contributed by atoms with Gasteiger partial charge >= 0.3 is 5.97 Å². The van der Waals surface area contributed by atoms with Crippen LogP contribution in [0, 0.1) is 10.1 Å². The summed E-state index contributed by atoms with van der Waals surface area (Å²) < 4.78 is 5.53. The molecular formula is C18H22N2O5. The van der Waals surface area contributed by atoms with Gasteiger partial charge in [-0.2, -0.15) is 0 Å². The third-order valence-electron chi connectivity index (χ3n) is 5.03. The van der Waals surface area contributed by atoms with Crippen LogP contribution in [0.15, 0.2) is 24.3 Å². The number of likely N-dealkylation sites (tertiary alicyclic amines) is 1. The highest BCUT2D eigenvalue weighted by Crippen LogP contribution is 2.28. The number of rotatable bonds is 4. The van der Waals surface area contributed by atoms with Crippen molar-refractivity contribution in [3.8, 4) is 0 Å². The molecule has 2 fully saturated rings. The van der Waals surface area contributed by atoms with Gasteiger partial charge in [0.2, 0.25) is 5.91 Å². The number of carbonyl (C=O) groups excluding carboxylic acids is 2. The Bertz CT molecular complexity index is 650. The lowest BCUT2D eigenvalue weighted by molar-refractivity contribution is -0.384. The van der Waals surface area contributed by atoms with Crippen LogP contribution < -0.4 is 0 Å². The van der Waals surface area contributed by atoms with Crippen molar-refractivity contribution in [3.05, 3.63) is 39.9 Å². The molecule has 1 amide bonds. The first-order chi connectivity index (χ1) is 12.0. The van der Waals surface area contributed by atoms with Crippen molar-refractivity contribution in [1.82, 2.24) is 4.90 Å². The minimum absolute atomic E-state index is 0.0525. The van der Waals surface area contributed by atoms with Crippen molar-refractivity contribution >= 4 is 17.6 Å². The van der Waals surface area contributed by atoms with Crippen LogP contribution in [0.1, 0.15) is 55.3 Å². The smallest absolute Gasteiger partial charge is 0.338 e. The monoisotopic (exact) mass is 346 g/mol. The van der Waals surface area contributed by atoms with Crippen molar-refractivity contribution < 1.29 is 19.2 Å². The van der Waals surface area contributed by atoms with Gasteiger partial charge in [0.25, 0.3) is 5.69 Å². The molecule has 0 atom stereocenters. The number of carbonyl (C=O) groups is 2. The fourth-order valence-corrected chi connectivity index (χ4v) is 3.63. The maximum atomic E-state index is 12.2. The van der Waals surface area contributed by atoms with Crippen molar-refractivity contribution in [2.45, 2.75) is 57.1 Å². The lowest BCUT2D eigenvalue weighted by Crippen LogP contribution is -2.45. The van der Waals surface area contributed by atoms with Crippen LogP contribution in [0.3, 0.4) is 0 Å². The number of hydrogen-bond acceptors (Lipinski definition) is 5. The number of hydrogen-bond donors (Lipinski definition) is 0. The Morgan fingerprint density at radius 2 is 1.80 bits per heavy atom. The van der Waals surface area contributed by atoms with Gasteiger partial charge in [-0.25, -0.2) is 4.79 Å². The van der Waals surface area contributed by atoms with Crippen LogP contribution >= 0.6 is 0 Å². The molecule has 1 aromatic rings. The zero-order valence-electron chi connectivity index (χ0n) is 14.1. The molecule has 1 saturated carbocycles. The lowest BCUT2D eigenvalue weighted by Gasteiger charge is -2.38. The third-order valence-corrected chi connectivity index (χ3v) is 5.03. The van der Waals surface area contributed by atoms with Gasteiger partial charge < -0.3 is 9.64 Å². The normalized spacial score (nSPS) is 24.0. The summed E-state index contributed by atoms with van der Waals surface area (Å²) in [6.07, 6.45) is 5.74. The van der Waals surface area contributed by atoms with Gasteiger partial charge in [-0.1, -0.05) is 0 Å². The van der Waals surface area contributed by atoms with Crippen LogP contribution in [0.5, 0.6) is 0 Å². The molecule has 0 radical (unpaired) electrons. The topological polar surface area (TPSA) is 89.8 Å². The average molecular weight is 346 g/mol. The average Bonchev–Trinajstić information content (AvgIpc) is 2.63. The van der Waals surface area contributed by atoms with Crippen molar-refractivity contribution in [2.24, 2.45) is 0 Å². The lowest BCUT2D eigenvalue weighted by atomic mass is 9.90. The highest BCUT2D eigenvalue weighted by molar-refractivity contribution is 5.89. The number of nitrogens with zero attached hydrogens (tertiary/aromatic N) is 2. The number of nitro groups is 1. The molecule has 7 heteroatoms. The molecule has 1 aliphatic carbocycles. The minimum atomic E-state index is -0.502. The Balaban J connectivity index is 1.50. The molecule has 1 aromatic carbocycles. The summed E-state index contributed by atoms with van der Waals surface area (Å²) in [6, 6.07) is 5.70. The first-order valence-corrected chi connectivity index (χ1v) is 8.79. The van der Waals surface area contributed by atoms with Crippen LogP contribution in [0.4, 0.5) is 5.69 Å². The number of non-ortho nitro benzene ring substituents is 1. The fraction of sp³-hybridized carbons (Fsp3) is 0.556. The number of ether oxygens (including phenoxy) is 1. The molecule has 0 aromatic heterocycles. The highest BCUT2D eigenvalue weighted by Gasteiger charge is 2.31. The SMILES string of the molecule is O=C(OC1CCC(N2CCCCC2=O)CC1)c1ccc([N+](=O)[O-])cc1. The summed E-state index contributed by atoms with van der Waals surface area (Å²) in [4.78, 5) is 36.3. The number of nitro benzene ring substituents is 1. The molecule has 2 aliphatic rings. The summed E-state index contributed by atoms with van der Waals surface area (Å²) in [5, 5.41) is 10.6. The van der Waals surface area contributed by atoms with E-state index in [2.05, 4.69) is 0 Å². The van der Waals surface area contributed by atoms with Crippen molar-refractivity contribution in [2.75, 3.05) is 6.54 Å². The van der Waals surface area contributed by atoms with E-state index in [0.717, 1.165) is 45.1 Å². The van der Waals surface area contributed by atoms with Gasteiger partial charge in [0.05, 0.1) is 10.5 Å². The molecule has 134 valence electrons. The third kappa shape index (κ3) is 4.15. The van der Waals surface area contributed by atoms with Crippen LogP contribution in [0.25, 0.3) is 0 Å². The van der Waals surface area contributed by atoms with Crippen LogP contribution in [-0.2, 0) is 9.53 Å². The Kier molecular flexibility index (Phi) is 5.31. The molecule has 7 nitrogen and oxygen atoms in total. The second-order valence-electron chi connectivity index (χ2n) is 6.68. The Morgan fingerprint density at radius 3 is 2.40 bits per heavy atom. The predicted molar refractivity (Wildman–Crippen MR) is 90.1 cm³/mol. The molecule has 0 spiro atoms. The summed E-state index contributed by atoms with van der Waals surface area (Å²) in [5.41, 5.74) is 0.266. The molecule has 0 bridgehead atoms. The summed E-state index contributed by atoms with van der Waals surface area (Å²) in [6.45, 7) is 0.844. The van der Waals surface area contributed by atoms with E-state index in [1.807, 2.05) is 4.90 Å². The quantitative estimate of drug-likeness (QED) is 0.475. The molecule has 0 N–H and O–H groups in total. The van der Waals surface area contributed by atoms with Crippen LogP contribution in [-0.4, -0.2) is 40.4 Å². The number of amides is 1. The van der Waals surface area contributed by atoms with Gasteiger partial charge in [0.15, 0.2) is 0 Å². The number of piperidine rings is 1. The second-order valence-corrected chi connectivity index (χ2v) is 6.68. The first-order valence-electron chi connectivity index (χ1n) is 8.79. The standard InChI is InChI=1S/C18H22N2O5/c21-17-3-1-2-12-19(17)14-8-10-16(11-9-14)25-18(22)13-4-6-15(7-5-13)20(23)24/h4-7,14,16H,1-3,8-12H2. The first kappa shape index (κ1) is 17.4. The van der Waals surface area contributed by atoms with E-state index in [4.69, 9.17) is 4.74 Å². The van der Waals surface area contributed by atoms with E-state index in [1.165, 1.54) is 24.3 Å². The molecule has 25 heavy (non-hydrogen) atoms. The molecule has 0 unspecified atom stereocenters. The molecule has 1 saturated heterocycles. The molecular weight excluding hydrogens is 324 g/mol. The fourth-order valence-electron chi connectivity index (χ4n) is 3.63. The zero-order valence-corrected chi connectivity index (χ0v) is 14.1. The second kappa shape index (κ2) is 7.63. The maximum absolute atomic E-state index is 12.2. The maximum Gasteiger partial charge on any atom is 0.338 e. The Labute approximate surface area is 146 Å². The summed E-state index contributed by atoms with van der Waals surface area (Å²) in [7, 11) is 0. The summed E-state index contributed by atoms with van der Waals surface area (Å²) in [5.74, 6) is -0.204. The molecule has 1 aliphatic heterocycles. The van der Waals surface area contributed by atoms with E-state index in [0.29, 0.717) is 12.0 Å². The van der Waals surface area contributed by atoms with E-state index >= 15 is 0 Å². The van der Waals surface area contributed by atoms with Gasteiger partial charge in [0, 0.05) is 31.1 Å². The van der Waals surface area contributed by atoms with E-state index in [1.54, 1.807) is 0 Å². The van der Waals surface area contributed by atoms with Crippen LogP contribution in [0.2, 0.25) is 0 Å². The van der Waals surface area contributed by atoms with Gasteiger partial charge in [-0.05, 0) is 50.7 Å². The van der Waals surface area contributed by atoms with E-state index in [9.17, 15) is 19.7 Å². The van der Waals surface area contributed by atoms with Crippen molar-refractivity contribution in [1.29, 1.82) is 0 Å². The van der Waals surface area contributed by atoms with E-state index in [-0.39, 0.29) is 23.7 Å². The largest absolute Gasteiger partial charge is 0.459 e. The number of benzene rings is 1. The summed E-state index contributed by atoms with van der Waals surface area (Å²) >= 11 is 0. The Morgan fingerprint density at radius 1 is 1.12 bits per heavy atom. The van der Waals surface area contributed by atoms with Gasteiger partial charge in [-0.3, -0.25) is 14.9 Å². The highest BCUT2D eigenvalue weighted by atomic mass is 16.6. The predicted octanol–water partition coefficient (Wildman–Crippen LogP) is 3.08. The number of esters is 1. The van der Waals surface area contributed by atoms with Gasteiger partial charge in [0.1, 0.15) is 6.10 Å². The minimum Gasteiger partial charge on any atom is -0.459 e.